The minimum Gasteiger partial charge on any atom is -0.272 e. The highest BCUT2D eigenvalue weighted by atomic mass is 35.5. The molecular formula is C16H11ClN4. The van der Waals surface area contributed by atoms with Gasteiger partial charge in [-0.3, -0.25) is 4.40 Å². The van der Waals surface area contributed by atoms with Crippen molar-refractivity contribution in [3.8, 4) is 11.4 Å². The Morgan fingerprint density at radius 3 is 2.52 bits per heavy atom. The first-order chi connectivity index (χ1) is 10.2. The van der Waals surface area contributed by atoms with E-state index in [-0.39, 0.29) is 0 Å². The van der Waals surface area contributed by atoms with Crippen LogP contribution >= 0.6 is 11.6 Å². The Kier molecular flexibility index (Phi) is 2.65. The van der Waals surface area contributed by atoms with Crippen molar-refractivity contribution in [2.75, 3.05) is 0 Å². The lowest BCUT2D eigenvalue weighted by atomic mass is 10.2. The zero-order chi connectivity index (χ0) is 14.4. The van der Waals surface area contributed by atoms with E-state index < -0.39 is 0 Å². The van der Waals surface area contributed by atoms with Gasteiger partial charge in [0, 0.05) is 10.6 Å². The van der Waals surface area contributed by atoms with Gasteiger partial charge in [0.2, 0.25) is 0 Å². The highest BCUT2D eigenvalue weighted by Gasteiger charge is 2.13. The predicted molar refractivity (Wildman–Crippen MR) is 83.5 cm³/mol. The summed E-state index contributed by atoms with van der Waals surface area (Å²) in [6.45, 7) is 1.95. The molecule has 0 spiro atoms. The summed E-state index contributed by atoms with van der Waals surface area (Å²) in [5.41, 5.74) is 4.54. The molecule has 0 aliphatic rings. The highest BCUT2D eigenvalue weighted by molar-refractivity contribution is 6.30. The number of nitrogens with zero attached hydrogens (tertiary/aromatic N) is 4. The summed E-state index contributed by atoms with van der Waals surface area (Å²) in [5, 5.41) is 9.32. The number of para-hydroxylation sites is 2. The van der Waals surface area contributed by atoms with Gasteiger partial charge in [0.1, 0.15) is 0 Å². The number of hydrogen-bond acceptors (Lipinski definition) is 3. The van der Waals surface area contributed by atoms with Crippen molar-refractivity contribution >= 4 is 28.3 Å². The fourth-order valence-corrected chi connectivity index (χ4v) is 2.64. The maximum atomic E-state index is 5.96. The van der Waals surface area contributed by atoms with E-state index in [0.717, 1.165) is 33.8 Å². The predicted octanol–water partition coefficient (Wildman–Crippen LogP) is 3.91. The van der Waals surface area contributed by atoms with Crippen molar-refractivity contribution in [2.24, 2.45) is 0 Å². The van der Waals surface area contributed by atoms with Gasteiger partial charge in [-0.25, -0.2) is 4.98 Å². The lowest BCUT2D eigenvalue weighted by Gasteiger charge is -2.06. The van der Waals surface area contributed by atoms with Crippen molar-refractivity contribution in [3.05, 3.63) is 59.2 Å². The van der Waals surface area contributed by atoms with Crippen LogP contribution in [0.15, 0.2) is 48.5 Å². The van der Waals surface area contributed by atoms with Gasteiger partial charge in [-0.2, -0.15) is 0 Å². The lowest BCUT2D eigenvalue weighted by Crippen LogP contribution is -1.97. The molecule has 0 fully saturated rings. The SMILES string of the molecule is Cc1nc2ccccc2n2c(-c3ccc(Cl)cc3)nnc12. The lowest BCUT2D eigenvalue weighted by molar-refractivity contribution is 1.11. The first kappa shape index (κ1) is 12.3. The van der Waals surface area contributed by atoms with E-state index in [1.54, 1.807) is 0 Å². The fourth-order valence-electron chi connectivity index (χ4n) is 2.51. The molecule has 0 atom stereocenters. The van der Waals surface area contributed by atoms with Crippen LogP contribution in [-0.4, -0.2) is 19.6 Å². The molecule has 0 saturated heterocycles. The van der Waals surface area contributed by atoms with Crippen LogP contribution in [0.3, 0.4) is 0 Å². The maximum absolute atomic E-state index is 5.96. The smallest absolute Gasteiger partial charge is 0.183 e. The van der Waals surface area contributed by atoms with Gasteiger partial charge < -0.3 is 0 Å². The van der Waals surface area contributed by atoms with Crippen molar-refractivity contribution in [1.29, 1.82) is 0 Å². The molecule has 0 aliphatic heterocycles. The second-order valence-corrected chi connectivity index (χ2v) is 5.31. The summed E-state index contributed by atoms with van der Waals surface area (Å²) in [4.78, 5) is 4.58. The third-order valence-corrected chi connectivity index (χ3v) is 3.75. The van der Waals surface area contributed by atoms with Gasteiger partial charge in [-0.05, 0) is 43.3 Å². The number of fused-ring (bicyclic) bond motifs is 3. The number of aromatic nitrogens is 4. The van der Waals surface area contributed by atoms with Crippen molar-refractivity contribution in [1.82, 2.24) is 19.6 Å². The molecule has 2 aromatic heterocycles. The van der Waals surface area contributed by atoms with E-state index in [2.05, 4.69) is 15.2 Å². The Morgan fingerprint density at radius 2 is 1.71 bits per heavy atom. The average Bonchev–Trinajstić information content (AvgIpc) is 2.94. The third-order valence-electron chi connectivity index (χ3n) is 3.50. The minimum absolute atomic E-state index is 0.704. The molecule has 0 N–H and O–H groups in total. The largest absolute Gasteiger partial charge is 0.272 e. The standard InChI is InChI=1S/C16H11ClN4/c1-10-15-19-20-16(11-6-8-12(17)9-7-11)21(15)14-5-3-2-4-13(14)18-10/h2-9H,1H3. The molecule has 0 amide bonds. The summed E-state index contributed by atoms with van der Waals surface area (Å²) in [6.07, 6.45) is 0. The van der Waals surface area contributed by atoms with Gasteiger partial charge in [0.25, 0.3) is 0 Å². The normalized spacial score (nSPS) is 11.3. The van der Waals surface area contributed by atoms with Crippen LogP contribution in [0.25, 0.3) is 28.1 Å². The molecule has 2 aromatic carbocycles. The van der Waals surface area contributed by atoms with E-state index in [9.17, 15) is 0 Å². The van der Waals surface area contributed by atoms with E-state index in [1.807, 2.05) is 59.9 Å². The quantitative estimate of drug-likeness (QED) is 0.534. The Labute approximate surface area is 126 Å². The second-order valence-electron chi connectivity index (χ2n) is 4.88. The van der Waals surface area contributed by atoms with Crippen LogP contribution in [0.1, 0.15) is 5.69 Å². The Balaban J connectivity index is 2.13. The first-order valence-electron chi connectivity index (χ1n) is 6.60. The zero-order valence-electron chi connectivity index (χ0n) is 11.3. The van der Waals surface area contributed by atoms with Crippen LogP contribution < -0.4 is 0 Å². The van der Waals surface area contributed by atoms with Crippen molar-refractivity contribution in [2.45, 2.75) is 6.92 Å². The third kappa shape index (κ3) is 1.87. The fraction of sp³-hybridized carbons (Fsp3) is 0.0625. The van der Waals surface area contributed by atoms with Gasteiger partial charge >= 0.3 is 0 Å². The summed E-state index contributed by atoms with van der Waals surface area (Å²) in [7, 11) is 0. The van der Waals surface area contributed by atoms with Gasteiger partial charge in [0.15, 0.2) is 11.5 Å². The minimum atomic E-state index is 0.704. The zero-order valence-corrected chi connectivity index (χ0v) is 12.0. The Hall–Kier alpha value is -2.46. The van der Waals surface area contributed by atoms with Gasteiger partial charge in [-0.15, -0.1) is 10.2 Å². The molecular weight excluding hydrogens is 284 g/mol. The molecule has 0 aliphatic carbocycles. The molecule has 4 aromatic rings. The molecule has 0 saturated carbocycles. The van der Waals surface area contributed by atoms with Crippen molar-refractivity contribution in [3.63, 3.8) is 0 Å². The number of hydrogen-bond donors (Lipinski definition) is 0. The molecule has 2 heterocycles. The topological polar surface area (TPSA) is 43.1 Å². The Morgan fingerprint density at radius 1 is 0.952 bits per heavy atom. The average molecular weight is 295 g/mol. The van der Waals surface area contributed by atoms with Crippen molar-refractivity contribution < 1.29 is 0 Å². The van der Waals surface area contributed by atoms with E-state index in [0.29, 0.717) is 5.02 Å². The molecule has 0 radical (unpaired) electrons. The van der Waals surface area contributed by atoms with Crippen LogP contribution in [0.4, 0.5) is 0 Å². The van der Waals surface area contributed by atoms with Crippen LogP contribution in [0.2, 0.25) is 5.02 Å². The molecule has 4 rings (SSSR count). The number of rotatable bonds is 1. The van der Waals surface area contributed by atoms with E-state index in [4.69, 9.17) is 11.6 Å². The van der Waals surface area contributed by atoms with Gasteiger partial charge in [0.05, 0.1) is 16.7 Å². The van der Waals surface area contributed by atoms with E-state index >= 15 is 0 Å². The van der Waals surface area contributed by atoms with Crippen LogP contribution in [-0.2, 0) is 0 Å². The summed E-state index contributed by atoms with van der Waals surface area (Å²) >= 11 is 5.96. The number of halogens is 1. The maximum Gasteiger partial charge on any atom is 0.183 e. The molecule has 0 unspecified atom stereocenters. The highest BCUT2D eigenvalue weighted by Crippen LogP contribution is 2.25. The monoisotopic (exact) mass is 294 g/mol. The van der Waals surface area contributed by atoms with Gasteiger partial charge in [-0.1, -0.05) is 23.7 Å². The Bertz CT molecular complexity index is 957. The molecule has 4 nitrogen and oxygen atoms in total. The first-order valence-corrected chi connectivity index (χ1v) is 6.98. The molecule has 5 heteroatoms. The molecule has 102 valence electrons. The van der Waals surface area contributed by atoms with Crippen LogP contribution in [0.5, 0.6) is 0 Å². The molecule has 0 bridgehead atoms. The number of benzene rings is 2. The summed E-state index contributed by atoms with van der Waals surface area (Å²) in [5.74, 6) is 0.795. The van der Waals surface area contributed by atoms with E-state index in [1.165, 1.54) is 0 Å². The number of aryl methyl sites for hydroxylation is 1. The van der Waals surface area contributed by atoms with Crippen LogP contribution in [0, 0.1) is 6.92 Å². The molecule has 21 heavy (non-hydrogen) atoms. The summed E-state index contributed by atoms with van der Waals surface area (Å²) in [6, 6.07) is 15.6. The summed E-state index contributed by atoms with van der Waals surface area (Å²) < 4.78 is 2.04. The second kappa shape index (κ2) is 4.53.